The number of nitrogens with two attached hydrogens (primary N) is 1. The number of aromatic amines is 2. The first-order valence-electron chi connectivity index (χ1n) is 4.89. The third-order valence-electron chi connectivity index (χ3n) is 2.38. The highest BCUT2D eigenvalue weighted by molar-refractivity contribution is 5.60. The number of hydrogen-bond acceptors (Lipinski definition) is 5. The summed E-state index contributed by atoms with van der Waals surface area (Å²) < 4.78 is 1.16. The smallest absolute Gasteiger partial charge is 0.329 e. The monoisotopic (exact) mass is 236 g/mol. The molecule has 0 saturated carbocycles. The van der Waals surface area contributed by atoms with Gasteiger partial charge in [0.2, 0.25) is 0 Å². The number of H-pyrrole nitrogens is 2. The van der Waals surface area contributed by atoms with Crippen molar-refractivity contribution in [3.63, 3.8) is 0 Å². The van der Waals surface area contributed by atoms with Gasteiger partial charge in [-0.2, -0.15) is 0 Å². The maximum Gasteiger partial charge on any atom is 0.329 e. The number of aromatic nitrogens is 4. The summed E-state index contributed by atoms with van der Waals surface area (Å²) in [4.78, 5) is 31.6. The van der Waals surface area contributed by atoms with E-state index in [1.807, 2.05) is 0 Å². The molecule has 0 aromatic carbocycles. The van der Waals surface area contributed by atoms with Crippen molar-refractivity contribution >= 4 is 11.5 Å². The lowest BCUT2D eigenvalue weighted by atomic mass is 10.4. The van der Waals surface area contributed by atoms with E-state index in [1.54, 1.807) is 6.20 Å². The van der Waals surface area contributed by atoms with E-state index < -0.39 is 11.2 Å². The quantitative estimate of drug-likeness (QED) is 0.544. The minimum atomic E-state index is -0.542. The number of rotatable bonds is 3. The number of hydrogen-bond donors (Lipinski definition) is 4. The molecule has 0 fully saturated rings. The normalized spacial score (nSPS) is 10.4. The van der Waals surface area contributed by atoms with Crippen molar-refractivity contribution in [3.05, 3.63) is 39.1 Å². The molecule has 0 atom stereocenters. The van der Waals surface area contributed by atoms with Crippen molar-refractivity contribution in [1.82, 2.24) is 19.5 Å². The fourth-order valence-corrected chi connectivity index (χ4v) is 1.37. The van der Waals surface area contributed by atoms with Gasteiger partial charge in [-0.25, -0.2) is 9.78 Å². The Morgan fingerprint density at radius 2 is 2.29 bits per heavy atom. The van der Waals surface area contributed by atoms with Crippen LogP contribution in [0.4, 0.5) is 11.5 Å². The molecule has 2 aromatic heterocycles. The van der Waals surface area contributed by atoms with E-state index in [9.17, 15) is 9.59 Å². The minimum absolute atomic E-state index is 0.0956. The average molecular weight is 236 g/mol. The molecular formula is C9H12N6O2. The third-order valence-corrected chi connectivity index (χ3v) is 2.38. The lowest BCUT2D eigenvalue weighted by molar-refractivity contribution is 0.812. The Morgan fingerprint density at radius 3 is 2.94 bits per heavy atom. The van der Waals surface area contributed by atoms with E-state index >= 15 is 0 Å². The Bertz CT molecular complexity index is 624. The number of nitrogens with zero attached hydrogens (tertiary/aromatic N) is 2. The lowest BCUT2D eigenvalue weighted by Crippen LogP contribution is -2.32. The van der Waals surface area contributed by atoms with E-state index in [4.69, 9.17) is 5.73 Å². The molecule has 0 amide bonds. The molecule has 90 valence electrons. The molecule has 0 aliphatic heterocycles. The topological polar surface area (TPSA) is 122 Å². The second-order valence-corrected chi connectivity index (χ2v) is 3.51. The zero-order valence-electron chi connectivity index (χ0n) is 9.15. The maximum atomic E-state index is 11.5. The molecular weight excluding hydrogens is 224 g/mol. The van der Waals surface area contributed by atoms with E-state index in [-0.39, 0.29) is 11.5 Å². The Labute approximate surface area is 95.5 Å². The Balaban J connectivity index is 2.30. The highest BCUT2D eigenvalue weighted by Crippen LogP contribution is 2.09. The highest BCUT2D eigenvalue weighted by Gasteiger charge is 2.09. The molecule has 8 nitrogen and oxygen atoms in total. The fourth-order valence-electron chi connectivity index (χ4n) is 1.37. The highest BCUT2D eigenvalue weighted by atomic mass is 16.2. The van der Waals surface area contributed by atoms with Gasteiger partial charge < -0.3 is 16.0 Å². The van der Waals surface area contributed by atoms with Crippen LogP contribution < -0.4 is 22.3 Å². The van der Waals surface area contributed by atoms with E-state index in [0.717, 1.165) is 10.3 Å². The van der Waals surface area contributed by atoms with Gasteiger partial charge >= 0.3 is 5.69 Å². The second kappa shape index (κ2) is 4.16. The number of anilines is 2. The first-order valence-corrected chi connectivity index (χ1v) is 4.89. The van der Waals surface area contributed by atoms with Crippen molar-refractivity contribution in [1.29, 1.82) is 0 Å². The van der Waals surface area contributed by atoms with Crippen molar-refractivity contribution in [3.8, 4) is 0 Å². The maximum absolute atomic E-state index is 11.5. The molecule has 0 saturated heterocycles. The van der Waals surface area contributed by atoms with Crippen molar-refractivity contribution in [2.24, 2.45) is 7.05 Å². The first kappa shape index (κ1) is 11.0. The Kier molecular flexibility index (Phi) is 2.69. The molecule has 0 aliphatic carbocycles. The third kappa shape index (κ3) is 2.05. The SMILES string of the molecule is Cn1c(N)c(NCc2cnc[nH]2)c(=O)[nH]c1=O. The molecule has 8 heteroatoms. The number of imidazole rings is 1. The molecule has 0 aliphatic rings. The van der Waals surface area contributed by atoms with E-state index in [0.29, 0.717) is 6.54 Å². The molecule has 5 N–H and O–H groups in total. The summed E-state index contributed by atoms with van der Waals surface area (Å²) in [5.74, 6) is 0.0956. The summed E-state index contributed by atoms with van der Waals surface area (Å²) in [5.41, 5.74) is 5.57. The molecule has 0 bridgehead atoms. The van der Waals surface area contributed by atoms with Gasteiger partial charge in [0.25, 0.3) is 5.56 Å². The molecule has 0 spiro atoms. The van der Waals surface area contributed by atoms with Crippen LogP contribution in [0.15, 0.2) is 22.1 Å². The molecule has 2 heterocycles. The van der Waals surface area contributed by atoms with Crippen LogP contribution in [0.3, 0.4) is 0 Å². The predicted octanol–water partition coefficient (Wildman–Crippen LogP) is -1.01. The Morgan fingerprint density at radius 1 is 1.53 bits per heavy atom. The summed E-state index contributed by atoms with van der Waals surface area (Å²) in [6.45, 7) is 0.367. The van der Waals surface area contributed by atoms with Crippen molar-refractivity contribution in [2.75, 3.05) is 11.1 Å². The molecule has 0 unspecified atom stereocenters. The molecule has 2 rings (SSSR count). The number of nitrogen functional groups attached to an aromatic ring is 1. The molecule has 2 aromatic rings. The van der Waals surface area contributed by atoms with Gasteiger partial charge in [0.05, 0.1) is 18.6 Å². The largest absolute Gasteiger partial charge is 0.383 e. The number of nitrogens with one attached hydrogen (secondary N) is 3. The van der Waals surface area contributed by atoms with Crippen molar-refractivity contribution < 1.29 is 0 Å². The van der Waals surface area contributed by atoms with Crippen LogP contribution in [-0.4, -0.2) is 19.5 Å². The fraction of sp³-hybridized carbons (Fsp3) is 0.222. The van der Waals surface area contributed by atoms with Crippen LogP contribution in [0.1, 0.15) is 5.69 Å². The standard InChI is InChI=1S/C9H12N6O2/c1-15-7(10)6(8(16)14-9(15)17)12-3-5-2-11-4-13-5/h2,4,12H,3,10H2,1H3,(H,11,13)(H,14,16,17). The van der Waals surface area contributed by atoms with Crippen LogP contribution in [0, 0.1) is 0 Å². The minimum Gasteiger partial charge on any atom is -0.383 e. The Hall–Kier alpha value is -2.51. The van der Waals surface area contributed by atoms with Crippen LogP contribution in [0.2, 0.25) is 0 Å². The van der Waals surface area contributed by atoms with E-state index in [1.165, 1.54) is 13.4 Å². The lowest BCUT2D eigenvalue weighted by Gasteiger charge is -2.09. The molecule has 0 radical (unpaired) electrons. The van der Waals surface area contributed by atoms with Gasteiger partial charge in [0, 0.05) is 13.2 Å². The van der Waals surface area contributed by atoms with E-state index in [2.05, 4.69) is 20.3 Å². The van der Waals surface area contributed by atoms with Crippen LogP contribution in [0.5, 0.6) is 0 Å². The van der Waals surface area contributed by atoms with Gasteiger partial charge in [-0.1, -0.05) is 0 Å². The molecule has 17 heavy (non-hydrogen) atoms. The van der Waals surface area contributed by atoms with Crippen LogP contribution in [-0.2, 0) is 13.6 Å². The van der Waals surface area contributed by atoms with Gasteiger partial charge in [-0.05, 0) is 0 Å². The van der Waals surface area contributed by atoms with Crippen molar-refractivity contribution in [2.45, 2.75) is 6.54 Å². The van der Waals surface area contributed by atoms with Gasteiger partial charge in [-0.15, -0.1) is 0 Å². The zero-order valence-corrected chi connectivity index (χ0v) is 9.15. The average Bonchev–Trinajstić information content (AvgIpc) is 2.79. The zero-order chi connectivity index (χ0) is 12.4. The summed E-state index contributed by atoms with van der Waals surface area (Å²) in [6.07, 6.45) is 3.16. The first-order chi connectivity index (χ1) is 8.09. The summed E-state index contributed by atoms with van der Waals surface area (Å²) in [5, 5.41) is 2.85. The summed E-state index contributed by atoms with van der Waals surface area (Å²) in [7, 11) is 1.48. The van der Waals surface area contributed by atoms with Gasteiger partial charge in [-0.3, -0.25) is 14.3 Å². The summed E-state index contributed by atoms with van der Waals surface area (Å²) >= 11 is 0. The summed E-state index contributed by atoms with van der Waals surface area (Å²) in [6, 6.07) is 0. The van der Waals surface area contributed by atoms with Gasteiger partial charge in [0.1, 0.15) is 11.5 Å². The van der Waals surface area contributed by atoms with Crippen LogP contribution >= 0.6 is 0 Å². The van der Waals surface area contributed by atoms with Crippen LogP contribution in [0.25, 0.3) is 0 Å². The van der Waals surface area contributed by atoms with Gasteiger partial charge in [0.15, 0.2) is 0 Å². The predicted molar refractivity (Wildman–Crippen MR) is 62.6 cm³/mol. The second-order valence-electron chi connectivity index (χ2n) is 3.51.